The molecule has 3 heterocycles. The SMILES string of the molecule is [2H]C(C)(C)c1ccnc(-c2[c-]ccc3c2sc2cc(-c4cccc(F)c4)c(-c4ccccc4)cc23)c1.[2H]C([2H])([2H])c1c[c-]c(-c2ncc([Si](C)(C)C)cc2-c2ccccc2)cc1.[Ir]. The Morgan fingerprint density at radius 3 is 2.08 bits per heavy atom. The molecular weight excluding hydrogens is 936 g/mol. The zero-order valence-electron chi connectivity index (χ0n) is 37.5. The van der Waals surface area contributed by atoms with Crippen molar-refractivity contribution in [3.05, 3.63) is 187 Å². The Morgan fingerprint density at radius 2 is 1.42 bits per heavy atom. The van der Waals surface area contributed by atoms with Crippen LogP contribution in [0.3, 0.4) is 0 Å². The summed E-state index contributed by atoms with van der Waals surface area (Å²) in [4.78, 5) is 9.38. The van der Waals surface area contributed by atoms with E-state index in [9.17, 15) is 4.39 Å². The van der Waals surface area contributed by atoms with Crippen LogP contribution in [0.5, 0.6) is 0 Å². The molecule has 295 valence electrons. The molecule has 0 saturated heterocycles. The van der Waals surface area contributed by atoms with Crippen LogP contribution in [0.4, 0.5) is 4.39 Å². The predicted molar refractivity (Wildman–Crippen MR) is 248 cm³/mol. The van der Waals surface area contributed by atoms with Crippen molar-refractivity contribution < 1.29 is 30.0 Å². The fourth-order valence-electron chi connectivity index (χ4n) is 7.11. The predicted octanol–water partition coefficient (Wildman–Crippen LogP) is 14.6. The van der Waals surface area contributed by atoms with E-state index in [1.165, 1.54) is 11.3 Å². The van der Waals surface area contributed by atoms with Gasteiger partial charge in [-0.25, -0.2) is 4.39 Å². The smallest absolute Gasteiger partial charge is 0.123 e. The van der Waals surface area contributed by atoms with Crippen molar-refractivity contribution in [2.24, 2.45) is 0 Å². The van der Waals surface area contributed by atoms with Gasteiger partial charge in [0.05, 0.1) is 8.07 Å². The van der Waals surface area contributed by atoms with Crippen molar-refractivity contribution in [1.82, 2.24) is 9.97 Å². The number of hydrogen-bond acceptors (Lipinski definition) is 3. The summed E-state index contributed by atoms with van der Waals surface area (Å²) in [5, 5.41) is 3.59. The van der Waals surface area contributed by atoms with E-state index in [0.717, 1.165) is 81.6 Å². The first kappa shape index (κ1) is 36.7. The average molecular weight is 985 g/mol. The van der Waals surface area contributed by atoms with E-state index >= 15 is 0 Å². The fraction of sp³-hybridized carbons (Fsp3) is 0.132. The number of fused-ring (bicyclic) bond motifs is 3. The van der Waals surface area contributed by atoms with Crippen molar-refractivity contribution in [3.63, 3.8) is 0 Å². The summed E-state index contributed by atoms with van der Waals surface area (Å²) in [5.74, 6) is -0.959. The van der Waals surface area contributed by atoms with E-state index in [-0.39, 0.29) is 25.9 Å². The Kier molecular flexibility index (Phi) is 11.1. The zero-order chi connectivity index (χ0) is 43.8. The number of benzene rings is 6. The number of aryl methyl sites for hydroxylation is 1. The van der Waals surface area contributed by atoms with Crippen LogP contribution in [0, 0.1) is 24.8 Å². The van der Waals surface area contributed by atoms with Crippen molar-refractivity contribution in [2.75, 3.05) is 0 Å². The first-order chi connectivity index (χ1) is 29.5. The van der Waals surface area contributed by atoms with Crippen molar-refractivity contribution in [2.45, 2.75) is 46.2 Å². The zero-order valence-corrected chi connectivity index (χ0v) is 37.7. The van der Waals surface area contributed by atoms with Gasteiger partial charge in [0.1, 0.15) is 5.82 Å². The molecule has 9 aromatic rings. The van der Waals surface area contributed by atoms with Gasteiger partial charge in [0.15, 0.2) is 0 Å². The summed E-state index contributed by atoms with van der Waals surface area (Å²) in [5.41, 5.74) is 10.8. The minimum absolute atomic E-state index is 0. The second-order valence-electron chi connectivity index (χ2n) is 15.6. The maximum atomic E-state index is 14.2. The van der Waals surface area contributed by atoms with Crippen LogP contribution in [0.25, 0.3) is 76.1 Å². The first-order valence-corrected chi connectivity index (χ1v) is 23.6. The summed E-state index contributed by atoms with van der Waals surface area (Å²) >= 11 is 1.70. The topological polar surface area (TPSA) is 25.8 Å². The second kappa shape index (κ2) is 17.9. The molecule has 0 atom stereocenters. The fourth-order valence-corrected chi connectivity index (χ4v) is 9.36. The average Bonchev–Trinajstić information content (AvgIpc) is 3.64. The maximum absolute atomic E-state index is 14.2. The minimum atomic E-state index is -2.12. The van der Waals surface area contributed by atoms with Gasteiger partial charge in [-0.3, -0.25) is 0 Å². The molecule has 6 heteroatoms. The normalized spacial score (nSPS) is 12.7. The Hall–Kier alpha value is -5.36. The molecule has 0 aliphatic rings. The van der Waals surface area contributed by atoms with Crippen LogP contribution >= 0.6 is 11.3 Å². The molecule has 0 amide bonds. The number of pyridine rings is 2. The number of nitrogens with zero attached hydrogens (tertiary/aromatic N) is 2. The number of halogens is 1. The van der Waals surface area contributed by atoms with Gasteiger partial charge in [-0.15, -0.1) is 59.2 Å². The van der Waals surface area contributed by atoms with Crippen LogP contribution in [0.2, 0.25) is 19.6 Å². The van der Waals surface area contributed by atoms with E-state index in [0.29, 0.717) is 5.56 Å². The van der Waals surface area contributed by atoms with Gasteiger partial charge >= 0.3 is 0 Å². The van der Waals surface area contributed by atoms with Gasteiger partial charge in [0.25, 0.3) is 0 Å². The second-order valence-corrected chi connectivity index (χ2v) is 21.8. The van der Waals surface area contributed by atoms with Crippen LogP contribution in [0.1, 0.15) is 36.4 Å². The largest absolute Gasteiger partial charge is 0.305 e. The van der Waals surface area contributed by atoms with Gasteiger partial charge in [-0.2, -0.15) is 11.3 Å². The Labute approximate surface area is 371 Å². The van der Waals surface area contributed by atoms with E-state index < -0.39 is 20.8 Å². The quantitative estimate of drug-likeness (QED) is 0.117. The van der Waals surface area contributed by atoms with Gasteiger partial charge < -0.3 is 9.97 Å². The molecule has 0 N–H and O–H groups in total. The molecule has 0 aliphatic carbocycles. The van der Waals surface area contributed by atoms with Crippen molar-refractivity contribution >= 4 is 44.8 Å². The van der Waals surface area contributed by atoms with Crippen LogP contribution in [-0.2, 0) is 20.1 Å². The molecule has 0 unspecified atom stereocenters. The molecule has 6 aromatic carbocycles. The molecule has 1 radical (unpaired) electrons. The van der Waals surface area contributed by atoms with Gasteiger partial charge in [-0.1, -0.05) is 136 Å². The molecule has 2 nitrogen and oxygen atoms in total. The summed E-state index contributed by atoms with van der Waals surface area (Å²) in [7, 11) is -1.50. The Balaban J connectivity index is 0.000000196. The monoisotopic (exact) mass is 985 g/mol. The van der Waals surface area contributed by atoms with Gasteiger partial charge in [-0.05, 0) is 96.3 Å². The number of hydrogen-bond donors (Lipinski definition) is 0. The molecule has 0 aliphatic heterocycles. The molecule has 0 fully saturated rings. The van der Waals surface area contributed by atoms with Gasteiger partial charge in [0, 0.05) is 42.7 Å². The van der Waals surface area contributed by atoms with E-state index in [1.54, 1.807) is 47.9 Å². The number of rotatable bonds is 7. The summed E-state index contributed by atoms with van der Waals surface area (Å²) in [6, 6.07) is 53.3. The Bertz CT molecular complexity index is 3030. The molecule has 3 aromatic heterocycles. The third-order valence-electron chi connectivity index (χ3n) is 10.3. The first-order valence-electron chi connectivity index (χ1n) is 21.3. The Morgan fingerprint density at radius 1 is 0.712 bits per heavy atom. The third kappa shape index (κ3) is 9.12. The molecule has 59 heavy (non-hydrogen) atoms. The standard InChI is InChI=1S/C32H23FNS.C21H22NSi.Ir/c1-20(2)22-14-15-34-30(17-22)26-13-7-12-25-29-18-27(21-8-4-3-5-9-21)28(19-31(29)35-32(25)26)23-10-6-11-24(33)16-23;1-16-10-12-18(13-11-16)21-20(17-8-6-5-7-9-17)14-19(15-22-21)23(2,3)4;/h3-12,14-20H,1-2H3;5-12,14-15H,1-4H3;/q2*-1;/i20D;1D3;. The van der Waals surface area contributed by atoms with E-state index in [1.807, 2.05) is 80.7 Å². The van der Waals surface area contributed by atoms with Crippen molar-refractivity contribution in [1.29, 1.82) is 0 Å². The van der Waals surface area contributed by atoms with Crippen molar-refractivity contribution in [3.8, 4) is 55.9 Å². The van der Waals surface area contributed by atoms with E-state index in [4.69, 9.17) is 10.5 Å². The molecular formula is C53H45FIrN2SSi-2. The number of aromatic nitrogens is 2. The summed E-state index contributed by atoms with van der Waals surface area (Å²) < 4.78 is 47.5. The number of thiophene rings is 1. The minimum Gasteiger partial charge on any atom is -0.305 e. The van der Waals surface area contributed by atoms with Crippen LogP contribution in [-0.4, -0.2) is 18.0 Å². The van der Waals surface area contributed by atoms with Crippen LogP contribution in [0.15, 0.2) is 158 Å². The third-order valence-corrected chi connectivity index (χ3v) is 13.5. The van der Waals surface area contributed by atoms with E-state index in [2.05, 4.69) is 85.3 Å². The summed E-state index contributed by atoms with van der Waals surface area (Å²) in [6.07, 6.45) is 3.73. The molecule has 0 spiro atoms. The molecule has 9 rings (SSSR count). The molecule has 0 saturated carbocycles. The van der Waals surface area contributed by atoms with Crippen LogP contribution < -0.4 is 5.19 Å². The molecule has 0 bridgehead atoms. The van der Waals surface area contributed by atoms with Gasteiger partial charge in [0.2, 0.25) is 0 Å². The summed E-state index contributed by atoms with van der Waals surface area (Å²) in [6.45, 7) is 8.55. The maximum Gasteiger partial charge on any atom is 0.123 e.